The molecule has 2 fully saturated rings. The first-order chi connectivity index (χ1) is 15.1. The lowest BCUT2D eigenvalue weighted by Gasteiger charge is -2.52. The van der Waals surface area contributed by atoms with Gasteiger partial charge in [0.15, 0.2) is 0 Å². The van der Waals surface area contributed by atoms with Crippen molar-refractivity contribution in [2.75, 3.05) is 32.8 Å². The van der Waals surface area contributed by atoms with Gasteiger partial charge in [0.1, 0.15) is 0 Å². The quantitative estimate of drug-likeness (QED) is 0.665. The number of fused-ring (bicyclic) bond motifs is 4. The van der Waals surface area contributed by atoms with Crippen LogP contribution in [0.1, 0.15) is 55.3 Å². The Labute approximate surface area is 186 Å². The highest BCUT2D eigenvalue weighted by Gasteiger charge is 2.49. The van der Waals surface area contributed by atoms with Crippen LogP contribution in [0.4, 0.5) is 13.2 Å². The molecule has 2 aliphatic heterocycles. The van der Waals surface area contributed by atoms with Crippen molar-refractivity contribution >= 4 is 10.9 Å². The summed E-state index contributed by atoms with van der Waals surface area (Å²) in [6.45, 7) is 6.16. The molecule has 176 valence electrons. The minimum atomic E-state index is -4.36. The van der Waals surface area contributed by atoms with E-state index in [1.54, 1.807) is 6.07 Å². The van der Waals surface area contributed by atoms with Gasteiger partial charge < -0.3 is 26.1 Å². The third-order valence-electron chi connectivity index (χ3n) is 8.40. The molecule has 1 unspecified atom stereocenters. The van der Waals surface area contributed by atoms with Gasteiger partial charge in [-0.05, 0) is 74.9 Å². The van der Waals surface area contributed by atoms with E-state index in [2.05, 4.69) is 16.8 Å². The van der Waals surface area contributed by atoms with Gasteiger partial charge in [-0.2, -0.15) is 13.2 Å². The van der Waals surface area contributed by atoms with Gasteiger partial charge in [0.2, 0.25) is 0 Å². The van der Waals surface area contributed by atoms with E-state index in [4.69, 9.17) is 16.2 Å². The first kappa shape index (κ1) is 22.2. The van der Waals surface area contributed by atoms with Gasteiger partial charge >= 0.3 is 6.18 Å². The Morgan fingerprint density at radius 2 is 1.97 bits per heavy atom. The van der Waals surface area contributed by atoms with E-state index in [1.165, 1.54) is 6.07 Å². The number of aromatic nitrogens is 1. The molecule has 0 radical (unpaired) electrons. The molecule has 1 aromatic heterocycles. The minimum absolute atomic E-state index is 0.0359. The number of H-pyrrole nitrogens is 1. The molecule has 1 aromatic carbocycles. The van der Waals surface area contributed by atoms with Crippen LogP contribution in [0.3, 0.4) is 0 Å². The molecular formula is C24H33F3N4O. The lowest BCUT2D eigenvalue weighted by molar-refractivity contribution is -0.137. The summed E-state index contributed by atoms with van der Waals surface area (Å²) in [7, 11) is 0. The molecule has 3 heterocycles. The molecule has 5 rings (SSSR count). The maximum absolute atomic E-state index is 13.4. The molecule has 0 spiro atoms. The normalized spacial score (nSPS) is 30.8. The first-order valence-corrected chi connectivity index (χ1v) is 11.7. The Balaban J connectivity index is 1.40. The van der Waals surface area contributed by atoms with Gasteiger partial charge in [0, 0.05) is 53.4 Å². The van der Waals surface area contributed by atoms with Gasteiger partial charge in [0.25, 0.3) is 0 Å². The monoisotopic (exact) mass is 450 g/mol. The Morgan fingerprint density at radius 1 is 1.22 bits per heavy atom. The van der Waals surface area contributed by atoms with Crippen LogP contribution in [-0.2, 0) is 17.3 Å². The number of ether oxygens (including phenoxy) is 1. The molecular weight excluding hydrogens is 417 g/mol. The SMILES string of the molecule is C[C@H]1c2c([nH]c3ccc(C(F)(F)F)cc23)CC2CCN(CCC3(N)CCOCC3)C[C@@]21N. The highest BCUT2D eigenvalue weighted by atomic mass is 19.4. The number of alkyl halides is 3. The third-order valence-corrected chi connectivity index (χ3v) is 8.40. The standard InChI is InChI=1S/C24H33F3N4O/c1-15-21-18-12-17(24(25,26)27)2-3-19(18)30-20(21)13-16-4-8-31(14-23(15,16)29)9-5-22(28)6-10-32-11-7-22/h2-3,12,15-16,30H,4-11,13-14,28-29H2,1H3/t15-,16?,23-/m0/s1. The zero-order valence-electron chi connectivity index (χ0n) is 18.6. The molecule has 2 aromatic rings. The number of hydrogen-bond acceptors (Lipinski definition) is 4. The molecule has 8 heteroatoms. The number of benzene rings is 1. The topological polar surface area (TPSA) is 80.3 Å². The van der Waals surface area contributed by atoms with E-state index in [-0.39, 0.29) is 11.5 Å². The summed E-state index contributed by atoms with van der Waals surface area (Å²) in [5.74, 6) is 0.275. The van der Waals surface area contributed by atoms with Gasteiger partial charge in [-0.25, -0.2) is 0 Å². The highest BCUT2D eigenvalue weighted by Crippen LogP contribution is 2.48. The summed E-state index contributed by atoms with van der Waals surface area (Å²) in [5, 5.41) is 0.658. The molecule has 5 nitrogen and oxygen atoms in total. The summed E-state index contributed by atoms with van der Waals surface area (Å²) in [6.07, 6.45) is 0.103. The molecule has 3 aliphatic rings. The average molecular weight is 451 g/mol. The molecule has 3 atom stereocenters. The number of nitrogens with two attached hydrogens (primary N) is 2. The zero-order chi connectivity index (χ0) is 22.7. The Kier molecular flexibility index (Phi) is 5.36. The van der Waals surface area contributed by atoms with E-state index in [9.17, 15) is 13.2 Å². The molecule has 2 saturated heterocycles. The highest BCUT2D eigenvalue weighted by molar-refractivity contribution is 5.86. The van der Waals surface area contributed by atoms with E-state index in [0.717, 1.165) is 87.8 Å². The third kappa shape index (κ3) is 3.75. The van der Waals surface area contributed by atoms with Gasteiger partial charge in [-0.1, -0.05) is 6.92 Å². The minimum Gasteiger partial charge on any atom is -0.381 e. The molecule has 1 aliphatic carbocycles. The number of aromatic amines is 1. The van der Waals surface area contributed by atoms with E-state index < -0.39 is 17.3 Å². The van der Waals surface area contributed by atoms with E-state index in [1.807, 2.05) is 0 Å². The van der Waals surface area contributed by atoms with Crippen LogP contribution in [0.5, 0.6) is 0 Å². The summed E-state index contributed by atoms with van der Waals surface area (Å²) >= 11 is 0. The van der Waals surface area contributed by atoms with Crippen molar-refractivity contribution in [1.82, 2.24) is 9.88 Å². The molecule has 5 N–H and O–H groups in total. The number of nitrogens with one attached hydrogen (secondary N) is 1. The van der Waals surface area contributed by atoms with Gasteiger partial charge in [-0.15, -0.1) is 0 Å². The van der Waals surface area contributed by atoms with Crippen LogP contribution in [-0.4, -0.2) is 53.8 Å². The predicted molar refractivity (Wildman–Crippen MR) is 118 cm³/mol. The molecule has 32 heavy (non-hydrogen) atoms. The van der Waals surface area contributed by atoms with Crippen LogP contribution >= 0.6 is 0 Å². The average Bonchev–Trinajstić information content (AvgIpc) is 3.11. The summed E-state index contributed by atoms with van der Waals surface area (Å²) in [6, 6.07) is 3.99. The van der Waals surface area contributed by atoms with E-state index >= 15 is 0 Å². The second-order valence-corrected chi connectivity index (χ2v) is 10.3. The molecule has 0 saturated carbocycles. The Hall–Kier alpha value is -1.61. The van der Waals surface area contributed by atoms with Crippen molar-refractivity contribution in [3.05, 3.63) is 35.0 Å². The second-order valence-electron chi connectivity index (χ2n) is 10.3. The van der Waals surface area contributed by atoms with Crippen LogP contribution in [0.2, 0.25) is 0 Å². The number of nitrogens with zero attached hydrogens (tertiary/aromatic N) is 1. The molecule has 0 amide bonds. The summed E-state index contributed by atoms with van der Waals surface area (Å²) in [5.41, 5.74) is 15.2. The first-order valence-electron chi connectivity index (χ1n) is 11.7. The van der Waals surface area contributed by atoms with Crippen LogP contribution in [0, 0.1) is 5.92 Å². The molecule has 0 bridgehead atoms. The summed E-state index contributed by atoms with van der Waals surface area (Å²) in [4.78, 5) is 5.81. The predicted octanol–water partition coefficient (Wildman–Crippen LogP) is 3.76. The Morgan fingerprint density at radius 3 is 2.69 bits per heavy atom. The number of likely N-dealkylation sites (tertiary alicyclic amines) is 1. The fourth-order valence-corrected chi connectivity index (χ4v) is 6.20. The number of halogens is 3. The van der Waals surface area contributed by atoms with Crippen molar-refractivity contribution in [2.24, 2.45) is 17.4 Å². The number of hydrogen-bond donors (Lipinski definition) is 3. The van der Waals surface area contributed by atoms with Gasteiger partial charge in [0.05, 0.1) is 5.56 Å². The zero-order valence-corrected chi connectivity index (χ0v) is 18.6. The largest absolute Gasteiger partial charge is 0.416 e. The lowest BCUT2D eigenvalue weighted by atomic mass is 9.63. The van der Waals surface area contributed by atoms with Crippen molar-refractivity contribution in [3.63, 3.8) is 0 Å². The van der Waals surface area contributed by atoms with Crippen molar-refractivity contribution in [1.29, 1.82) is 0 Å². The number of piperidine rings is 1. The summed E-state index contributed by atoms with van der Waals surface area (Å²) < 4.78 is 45.5. The fraction of sp³-hybridized carbons (Fsp3) is 0.667. The smallest absolute Gasteiger partial charge is 0.381 e. The Bertz CT molecular complexity index is 997. The van der Waals surface area contributed by atoms with Crippen LogP contribution < -0.4 is 11.5 Å². The van der Waals surface area contributed by atoms with Crippen LogP contribution in [0.25, 0.3) is 10.9 Å². The second kappa shape index (κ2) is 7.72. The van der Waals surface area contributed by atoms with Crippen LogP contribution in [0.15, 0.2) is 18.2 Å². The fourth-order valence-electron chi connectivity index (χ4n) is 6.20. The number of rotatable bonds is 3. The maximum Gasteiger partial charge on any atom is 0.416 e. The van der Waals surface area contributed by atoms with Crippen molar-refractivity contribution in [2.45, 2.75) is 62.2 Å². The maximum atomic E-state index is 13.4. The van der Waals surface area contributed by atoms with Crippen molar-refractivity contribution < 1.29 is 17.9 Å². The lowest BCUT2D eigenvalue weighted by Crippen LogP contribution is -2.64. The van der Waals surface area contributed by atoms with E-state index in [0.29, 0.717) is 11.3 Å². The van der Waals surface area contributed by atoms with Crippen molar-refractivity contribution in [3.8, 4) is 0 Å². The van der Waals surface area contributed by atoms with Gasteiger partial charge in [-0.3, -0.25) is 0 Å².